The van der Waals surface area contributed by atoms with Crippen molar-refractivity contribution in [3.63, 3.8) is 0 Å². The summed E-state index contributed by atoms with van der Waals surface area (Å²) in [6.45, 7) is 8.34. The van der Waals surface area contributed by atoms with E-state index in [0.717, 1.165) is 11.3 Å². The van der Waals surface area contributed by atoms with Crippen molar-refractivity contribution < 1.29 is 14.1 Å². The van der Waals surface area contributed by atoms with Gasteiger partial charge in [-0.1, -0.05) is 35.1 Å². The van der Waals surface area contributed by atoms with Crippen LogP contribution in [-0.4, -0.2) is 31.6 Å². The van der Waals surface area contributed by atoms with Gasteiger partial charge in [-0.2, -0.15) is 0 Å². The van der Waals surface area contributed by atoms with E-state index in [9.17, 15) is 4.79 Å². The highest BCUT2D eigenvalue weighted by Gasteiger charge is 2.15. The lowest BCUT2D eigenvalue weighted by atomic mass is 10.2. The van der Waals surface area contributed by atoms with E-state index in [4.69, 9.17) is 9.26 Å². The second-order valence-corrected chi connectivity index (χ2v) is 7.01. The van der Waals surface area contributed by atoms with Gasteiger partial charge in [0.1, 0.15) is 18.1 Å². The number of anilines is 1. The van der Waals surface area contributed by atoms with Gasteiger partial charge in [-0.25, -0.2) is 0 Å². The molecule has 0 fully saturated rings. The van der Waals surface area contributed by atoms with Gasteiger partial charge in [0, 0.05) is 12.6 Å². The van der Waals surface area contributed by atoms with Crippen LogP contribution in [0.1, 0.15) is 17.1 Å². The molecule has 1 amide bonds. The van der Waals surface area contributed by atoms with E-state index in [-0.39, 0.29) is 18.3 Å². The van der Waals surface area contributed by atoms with Crippen LogP contribution < -0.4 is 10.1 Å². The average Bonchev–Trinajstić information content (AvgIpc) is 3.24. The maximum Gasteiger partial charge on any atom is 0.236 e. The van der Waals surface area contributed by atoms with Crippen LogP contribution in [0.2, 0.25) is 0 Å². The molecule has 28 heavy (non-hydrogen) atoms. The summed E-state index contributed by atoms with van der Waals surface area (Å²) in [4.78, 5) is 12.1. The van der Waals surface area contributed by atoms with Gasteiger partial charge in [0.05, 0.1) is 5.75 Å². The maximum atomic E-state index is 12.1. The second-order valence-electron chi connectivity index (χ2n) is 6.06. The molecule has 8 nitrogen and oxygen atoms in total. The Balaban J connectivity index is 1.61. The lowest BCUT2D eigenvalue weighted by Crippen LogP contribution is -2.15. The highest BCUT2D eigenvalue weighted by molar-refractivity contribution is 7.99. The second kappa shape index (κ2) is 9.23. The van der Waals surface area contributed by atoms with Gasteiger partial charge in [0.25, 0.3) is 0 Å². The summed E-state index contributed by atoms with van der Waals surface area (Å²) >= 11 is 1.28. The summed E-state index contributed by atoms with van der Waals surface area (Å²) in [5.41, 5.74) is 1.12. The molecule has 0 atom stereocenters. The van der Waals surface area contributed by atoms with Gasteiger partial charge in [-0.3, -0.25) is 9.36 Å². The summed E-state index contributed by atoms with van der Waals surface area (Å²) in [7, 11) is 0. The highest BCUT2D eigenvalue weighted by Crippen LogP contribution is 2.20. The van der Waals surface area contributed by atoms with Crippen molar-refractivity contribution >= 4 is 23.5 Å². The van der Waals surface area contributed by atoms with E-state index >= 15 is 0 Å². The van der Waals surface area contributed by atoms with Crippen LogP contribution in [0, 0.1) is 13.8 Å². The maximum absolute atomic E-state index is 12.1. The molecule has 0 aliphatic rings. The van der Waals surface area contributed by atoms with Crippen LogP contribution >= 0.6 is 11.8 Å². The van der Waals surface area contributed by atoms with Crippen LogP contribution in [-0.2, 0) is 17.9 Å². The zero-order valence-electron chi connectivity index (χ0n) is 15.7. The monoisotopic (exact) mass is 399 g/mol. The van der Waals surface area contributed by atoms with Crippen molar-refractivity contribution in [1.29, 1.82) is 0 Å². The number of rotatable bonds is 9. The lowest BCUT2D eigenvalue weighted by Gasteiger charge is -2.09. The number of allylic oxidation sites excluding steroid dienone is 1. The van der Waals surface area contributed by atoms with E-state index in [1.807, 2.05) is 35.8 Å². The third kappa shape index (κ3) is 5.23. The summed E-state index contributed by atoms with van der Waals surface area (Å²) in [6, 6.07) is 9.46. The van der Waals surface area contributed by atoms with E-state index < -0.39 is 0 Å². The van der Waals surface area contributed by atoms with E-state index in [1.165, 1.54) is 11.8 Å². The van der Waals surface area contributed by atoms with Crippen molar-refractivity contribution in [3.05, 3.63) is 60.1 Å². The van der Waals surface area contributed by atoms with Gasteiger partial charge < -0.3 is 14.6 Å². The fourth-order valence-electron chi connectivity index (χ4n) is 2.43. The molecule has 0 unspecified atom stereocenters. The molecule has 0 saturated carbocycles. The largest absolute Gasteiger partial charge is 0.486 e. The molecule has 2 aromatic heterocycles. The standard InChI is InChI=1S/C19H21N5O3S/c1-4-8-24-17(11-26-15-7-5-6-13(2)9-15)21-22-19(24)28-12-18(25)20-16-10-14(3)27-23-16/h4-7,9-10H,1,8,11-12H2,2-3H3,(H,20,23,25). The molecule has 2 heterocycles. The number of nitrogens with one attached hydrogen (secondary N) is 1. The van der Waals surface area contributed by atoms with Crippen molar-refractivity contribution in [1.82, 2.24) is 19.9 Å². The quantitative estimate of drug-likeness (QED) is 0.435. The molecule has 1 aromatic carbocycles. The fourth-order valence-corrected chi connectivity index (χ4v) is 3.20. The van der Waals surface area contributed by atoms with E-state index in [1.54, 1.807) is 19.1 Å². The number of thioether (sulfide) groups is 1. The molecular weight excluding hydrogens is 378 g/mol. The Labute approximate surface area is 167 Å². The smallest absolute Gasteiger partial charge is 0.236 e. The van der Waals surface area contributed by atoms with E-state index in [2.05, 4.69) is 27.2 Å². The molecule has 0 saturated heterocycles. The third-order valence-corrected chi connectivity index (χ3v) is 4.66. The minimum atomic E-state index is -0.205. The first-order valence-electron chi connectivity index (χ1n) is 8.63. The Morgan fingerprint density at radius 1 is 1.36 bits per heavy atom. The molecule has 146 valence electrons. The molecule has 3 rings (SSSR count). The normalized spacial score (nSPS) is 10.6. The number of benzene rings is 1. The molecule has 1 N–H and O–H groups in total. The SMILES string of the molecule is C=CCn1c(COc2cccc(C)c2)nnc1SCC(=O)Nc1cc(C)on1. The number of carbonyl (C=O) groups excluding carboxylic acids is 1. The summed E-state index contributed by atoms with van der Waals surface area (Å²) in [5.74, 6) is 2.42. The third-order valence-electron chi connectivity index (χ3n) is 3.69. The Morgan fingerprint density at radius 3 is 2.93 bits per heavy atom. The fraction of sp³-hybridized carbons (Fsp3) is 0.263. The Bertz CT molecular complexity index is 966. The molecule has 0 radical (unpaired) electrons. The topological polar surface area (TPSA) is 95.1 Å². The Kier molecular flexibility index (Phi) is 6.49. The number of aryl methyl sites for hydroxylation is 2. The van der Waals surface area contributed by atoms with Crippen LogP contribution in [0.25, 0.3) is 0 Å². The average molecular weight is 399 g/mol. The molecule has 0 aliphatic carbocycles. The van der Waals surface area contributed by atoms with Crippen molar-refractivity contribution in [2.45, 2.75) is 32.2 Å². The Hall–Kier alpha value is -3.07. The van der Waals surface area contributed by atoms with Crippen molar-refractivity contribution in [3.8, 4) is 5.75 Å². The van der Waals surface area contributed by atoms with Crippen molar-refractivity contribution in [2.75, 3.05) is 11.1 Å². The zero-order valence-corrected chi connectivity index (χ0v) is 16.5. The van der Waals surface area contributed by atoms with Gasteiger partial charge >= 0.3 is 0 Å². The van der Waals surface area contributed by atoms with Gasteiger partial charge in [0.2, 0.25) is 5.91 Å². The van der Waals surface area contributed by atoms with Crippen molar-refractivity contribution in [2.24, 2.45) is 0 Å². The molecular formula is C19H21N5O3S. The molecule has 0 spiro atoms. The molecule has 0 bridgehead atoms. The molecule has 9 heteroatoms. The van der Waals surface area contributed by atoms with Crippen LogP contribution in [0.3, 0.4) is 0 Å². The zero-order chi connectivity index (χ0) is 19.9. The molecule has 3 aromatic rings. The Morgan fingerprint density at radius 2 is 2.21 bits per heavy atom. The number of hydrogen-bond donors (Lipinski definition) is 1. The van der Waals surface area contributed by atoms with Gasteiger partial charge in [-0.05, 0) is 31.5 Å². The lowest BCUT2D eigenvalue weighted by molar-refractivity contribution is -0.113. The summed E-state index contributed by atoms with van der Waals surface area (Å²) < 4.78 is 12.6. The molecule has 0 aliphatic heterocycles. The number of ether oxygens (including phenoxy) is 1. The summed E-state index contributed by atoms with van der Waals surface area (Å²) in [6.07, 6.45) is 1.75. The van der Waals surface area contributed by atoms with Crippen LogP contribution in [0.15, 0.2) is 52.7 Å². The number of carbonyl (C=O) groups is 1. The van der Waals surface area contributed by atoms with Crippen LogP contribution in [0.5, 0.6) is 5.75 Å². The predicted octanol–water partition coefficient (Wildman–Crippen LogP) is 3.38. The van der Waals surface area contributed by atoms with Gasteiger partial charge in [-0.15, -0.1) is 16.8 Å². The first kappa shape index (κ1) is 19.7. The minimum absolute atomic E-state index is 0.167. The highest BCUT2D eigenvalue weighted by atomic mass is 32.2. The summed E-state index contributed by atoms with van der Waals surface area (Å²) in [5, 5.41) is 15.4. The number of amides is 1. The number of aromatic nitrogens is 4. The minimum Gasteiger partial charge on any atom is -0.486 e. The first-order valence-corrected chi connectivity index (χ1v) is 9.62. The van der Waals surface area contributed by atoms with Crippen LogP contribution in [0.4, 0.5) is 5.82 Å². The number of hydrogen-bond acceptors (Lipinski definition) is 7. The first-order chi connectivity index (χ1) is 13.5. The van der Waals surface area contributed by atoms with E-state index in [0.29, 0.717) is 29.1 Å². The number of nitrogens with zero attached hydrogens (tertiary/aromatic N) is 4. The van der Waals surface area contributed by atoms with Gasteiger partial charge in [0.15, 0.2) is 16.8 Å². The predicted molar refractivity (Wildman–Crippen MR) is 106 cm³/mol.